The molecule has 2 unspecified atom stereocenters. The maximum atomic E-state index is 12.9. The van der Waals surface area contributed by atoms with Gasteiger partial charge in [0.05, 0.1) is 17.5 Å². The van der Waals surface area contributed by atoms with E-state index in [2.05, 4.69) is 10.9 Å². The molecule has 4 N–H and O–H groups in total. The molecule has 3 rings (SSSR count). The number of nitrogens with one attached hydrogen (secondary N) is 2. The van der Waals surface area contributed by atoms with E-state index in [9.17, 15) is 18.0 Å². The number of amides is 1. The minimum atomic E-state index is -4.45. The fourth-order valence-corrected chi connectivity index (χ4v) is 2.69. The van der Waals surface area contributed by atoms with Crippen molar-refractivity contribution in [1.29, 1.82) is 0 Å². The Morgan fingerprint density at radius 2 is 1.70 bits per heavy atom. The Labute approximate surface area is 130 Å². The van der Waals surface area contributed by atoms with Gasteiger partial charge in [-0.3, -0.25) is 10.2 Å². The highest BCUT2D eigenvalue weighted by atomic mass is 19.4. The van der Waals surface area contributed by atoms with Crippen molar-refractivity contribution in [2.24, 2.45) is 0 Å². The van der Waals surface area contributed by atoms with Crippen LogP contribution in [0.5, 0.6) is 0 Å². The summed E-state index contributed by atoms with van der Waals surface area (Å²) >= 11 is 0. The molecule has 2 aromatic rings. The van der Waals surface area contributed by atoms with Gasteiger partial charge < -0.3 is 5.73 Å². The summed E-state index contributed by atoms with van der Waals surface area (Å²) < 4.78 is 38.7. The van der Waals surface area contributed by atoms with E-state index >= 15 is 0 Å². The molecular formula is C16H14F3N3O. The molecule has 1 amide bonds. The van der Waals surface area contributed by atoms with Gasteiger partial charge in [0.25, 0.3) is 0 Å². The molecule has 1 aliphatic rings. The van der Waals surface area contributed by atoms with E-state index in [4.69, 9.17) is 5.73 Å². The third kappa shape index (κ3) is 3.00. The van der Waals surface area contributed by atoms with E-state index in [0.29, 0.717) is 11.3 Å². The molecule has 1 fully saturated rings. The van der Waals surface area contributed by atoms with Crippen molar-refractivity contribution in [1.82, 2.24) is 10.9 Å². The topological polar surface area (TPSA) is 67.2 Å². The Hall–Kier alpha value is -2.54. The number of hydrazine groups is 1. The third-order valence-electron chi connectivity index (χ3n) is 3.84. The summed E-state index contributed by atoms with van der Waals surface area (Å²) in [6, 6.07) is 11.2. The number of hydrogen-bond donors (Lipinski definition) is 3. The minimum Gasteiger partial charge on any atom is -0.399 e. The molecule has 1 heterocycles. The van der Waals surface area contributed by atoms with Gasteiger partial charge in [0.15, 0.2) is 0 Å². The van der Waals surface area contributed by atoms with Gasteiger partial charge in [0, 0.05) is 5.69 Å². The van der Waals surface area contributed by atoms with Gasteiger partial charge in [-0.2, -0.15) is 13.2 Å². The van der Waals surface area contributed by atoms with Crippen molar-refractivity contribution in [3.05, 3.63) is 65.2 Å². The van der Waals surface area contributed by atoms with Gasteiger partial charge in [0.2, 0.25) is 5.91 Å². The smallest absolute Gasteiger partial charge is 0.399 e. The van der Waals surface area contributed by atoms with Crippen molar-refractivity contribution in [2.75, 3.05) is 5.73 Å². The first kappa shape index (κ1) is 15.4. The Kier molecular flexibility index (Phi) is 3.73. The molecule has 0 aliphatic carbocycles. The first-order chi connectivity index (χ1) is 10.9. The van der Waals surface area contributed by atoms with Crippen molar-refractivity contribution in [3.63, 3.8) is 0 Å². The fourth-order valence-electron chi connectivity index (χ4n) is 2.69. The molecule has 0 bridgehead atoms. The second-order valence-electron chi connectivity index (χ2n) is 5.38. The van der Waals surface area contributed by atoms with Gasteiger partial charge in [-0.05, 0) is 29.3 Å². The molecule has 7 heteroatoms. The lowest BCUT2D eigenvalue weighted by atomic mass is 9.87. The van der Waals surface area contributed by atoms with Crippen LogP contribution in [0.25, 0.3) is 0 Å². The van der Waals surface area contributed by atoms with Gasteiger partial charge in [-0.25, -0.2) is 5.43 Å². The monoisotopic (exact) mass is 321 g/mol. The number of carbonyl (C=O) groups is 1. The fraction of sp³-hybridized carbons (Fsp3) is 0.188. The number of anilines is 1. The number of nitrogen functional groups attached to an aromatic ring is 1. The Bertz CT molecular complexity index is 728. The van der Waals surface area contributed by atoms with Crippen LogP contribution in [-0.4, -0.2) is 5.91 Å². The Morgan fingerprint density at radius 3 is 2.35 bits per heavy atom. The highest BCUT2D eigenvalue weighted by Gasteiger charge is 2.38. The second kappa shape index (κ2) is 5.58. The molecule has 0 saturated carbocycles. The van der Waals surface area contributed by atoms with E-state index in [1.165, 1.54) is 12.1 Å². The Morgan fingerprint density at radius 1 is 1.00 bits per heavy atom. The zero-order valence-corrected chi connectivity index (χ0v) is 11.9. The van der Waals surface area contributed by atoms with Crippen molar-refractivity contribution in [2.45, 2.75) is 18.1 Å². The summed E-state index contributed by atoms with van der Waals surface area (Å²) in [7, 11) is 0. The normalized spacial score (nSPS) is 21.3. The lowest BCUT2D eigenvalue weighted by Crippen LogP contribution is -2.27. The standard InChI is InChI=1S/C16H14F3N3O/c17-16(18,19)11-3-1-2-10(8-11)13-14(21-22-15(13)23)9-4-6-12(20)7-5-9/h1-8,13-14,21H,20H2,(H,22,23). The number of rotatable bonds is 2. The maximum absolute atomic E-state index is 12.9. The quantitative estimate of drug-likeness (QED) is 0.745. The van der Waals surface area contributed by atoms with Gasteiger partial charge in [0.1, 0.15) is 0 Å². The molecule has 0 aromatic heterocycles. The molecular weight excluding hydrogens is 307 g/mol. The van der Waals surface area contributed by atoms with Crippen LogP contribution in [0.1, 0.15) is 28.7 Å². The summed E-state index contributed by atoms with van der Waals surface area (Å²) in [5, 5.41) is 0. The molecule has 1 aliphatic heterocycles. The highest BCUT2D eigenvalue weighted by Crippen LogP contribution is 2.37. The van der Waals surface area contributed by atoms with Gasteiger partial charge in [-0.15, -0.1) is 0 Å². The molecule has 2 aromatic carbocycles. The number of nitrogens with two attached hydrogens (primary N) is 1. The molecule has 2 atom stereocenters. The summed E-state index contributed by atoms with van der Waals surface area (Å²) in [4.78, 5) is 12.1. The SMILES string of the molecule is Nc1ccc(C2NNC(=O)C2c2cccc(C(F)(F)F)c2)cc1. The van der Waals surface area contributed by atoms with E-state index in [1.807, 2.05) is 0 Å². The minimum absolute atomic E-state index is 0.309. The summed E-state index contributed by atoms with van der Waals surface area (Å²) in [5.74, 6) is -1.12. The molecule has 4 nitrogen and oxygen atoms in total. The predicted molar refractivity (Wildman–Crippen MR) is 79.1 cm³/mol. The number of benzene rings is 2. The third-order valence-corrected chi connectivity index (χ3v) is 3.84. The molecule has 0 radical (unpaired) electrons. The lowest BCUT2D eigenvalue weighted by Gasteiger charge is -2.18. The van der Waals surface area contributed by atoms with Gasteiger partial charge in [-0.1, -0.05) is 30.3 Å². The largest absolute Gasteiger partial charge is 0.416 e. The van der Waals surface area contributed by atoms with Crippen molar-refractivity contribution >= 4 is 11.6 Å². The van der Waals surface area contributed by atoms with Gasteiger partial charge >= 0.3 is 6.18 Å². The maximum Gasteiger partial charge on any atom is 0.416 e. The lowest BCUT2D eigenvalue weighted by molar-refractivity contribution is -0.137. The predicted octanol–water partition coefficient (Wildman–Crippen LogP) is 2.75. The Balaban J connectivity index is 1.99. The van der Waals surface area contributed by atoms with E-state index < -0.39 is 23.7 Å². The van der Waals surface area contributed by atoms with Crippen molar-refractivity contribution in [3.8, 4) is 0 Å². The molecule has 1 saturated heterocycles. The van der Waals surface area contributed by atoms with E-state index in [-0.39, 0.29) is 5.91 Å². The molecule has 0 spiro atoms. The van der Waals surface area contributed by atoms with Crippen LogP contribution in [0.4, 0.5) is 18.9 Å². The number of alkyl halides is 3. The van der Waals surface area contributed by atoms with E-state index in [0.717, 1.165) is 17.7 Å². The zero-order chi connectivity index (χ0) is 16.6. The number of carbonyl (C=O) groups excluding carboxylic acids is 1. The highest BCUT2D eigenvalue weighted by molar-refractivity contribution is 5.86. The average Bonchev–Trinajstić information content (AvgIpc) is 2.89. The number of hydrogen-bond acceptors (Lipinski definition) is 3. The van der Waals surface area contributed by atoms with E-state index in [1.54, 1.807) is 24.3 Å². The average molecular weight is 321 g/mol. The summed E-state index contributed by atoms with van der Waals surface area (Å²) in [5.41, 5.74) is 11.8. The molecule has 23 heavy (non-hydrogen) atoms. The van der Waals surface area contributed by atoms with Crippen LogP contribution in [0.3, 0.4) is 0 Å². The summed E-state index contributed by atoms with van der Waals surface area (Å²) in [6.45, 7) is 0. The second-order valence-corrected chi connectivity index (χ2v) is 5.38. The first-order valence-corrected chi connectivity index (χ1v) is 6.94. The van der Waals surface area contributed by atoms with Crippen LogP contribution in [0.2, 0.25) is 0 Å². The van der Waals surface area contributed by atoms with Crippen LogP contribution in [0, 0.1) is 0 Å². The van der Waals surface area contributed by atoms with Crippen LogP contribution >= 0.6 is 0 Å². The van der Waals surface area contributed by atoms with Crippen LogP contribution in [-0.2, 0) is 11.0 Å². The first-order valence-electron chi connectivity index (χ1n) is 6.94. The summed E-state index contributed by atoms with van der Waals surface area (Å²) in [6.07, 6.45) is -4.45. The zero-order valence-electron chi connectivity index (χ0n) is 11.9. The van der Waals surface area contributed by atoms with Crippen molar-refractivity contribution < 1.29 is 18.0 Å². The molecule has 120 valence electrons. The number of halogens is 3. The van der Waals surface area contributed by atoms with Crippen LogP contribution in [0.15, 0.2) is 48.5 Å². The van der Waals surface area contributed by atoms with Crippen LogP contribution < -0.4 is 16.6 Å².